The Morgan fingerprint density at radius 2 is 1.60 bits per heavy atom. The SMILES string of the molecule is CCOc1ccc(C2=C(N3CCN(C)CC3)C(=O)N(c3ccccc3F)C2=O)cc1. The number of para-hydroxylation sites is 1. The smallest absolute Gasteiger partial charge is 0.282 e. The lowest BCUT2D eigenvalue weighted by Gasteiger charge is -2.34. The van der Waals surface area contributed by atoms with Gasteiger partial charge < -0.3 is 14.5 Å². The highest BCUT2D eigenvalue weighted by Gasteiger charge is 2.43. The Kier molecular flexibility index (Phi) is 5.55. The number of hydrogen-bond donors (Lipinski definition) is 0. The van der Waals surface area contributed by atoms with Crippen molar-refractivity contribution in [2.24, 2.45) is 0 Å². The zero-order chi connectivity index (χ0) is 21.3. The fourth-order valence-corrected chi connectivity index (χ4v) is 3.84. The van der Waals surface area contributed by atoms with E-state index in [4.69, 9.17) is 4.74 Å². The molecule has 2 aromatic carbocycles. The monoisotopic (exact) mass is 409 g/mol. The minimum Gasteiger partial charge on any atom is -0.494 e. The van der Waals surface area contributed by atoms with Gasteiger partial charge in [0.05, 0.1) is 17.9 Å². The number of anilines is 1. The molecule has 0 aromatic heterocycles. The lowest BCUT2D eigenvalue weighted by Crippen LogP contribution is -2.46. The summed E-state index contributed by atoms with van der Waals surface area (Å²) in [6.07, 6.45) is 0. The number of ether oxygens (including phenoxy) is 1. The zero-order valence-corrected chi connectivity index (χ0v) is 17.1. The van der Waals surface area contributed by atoms with Crippen LogP contribution in [0.15, 0.2) is 54.2 Å². The van der Waals surface area contributed by atoms with E-state index in [1.165, 1.54) is 18.2 Å². The first-order valence-electron chi connectivity index (χ1n) is 10.1. The fourth-order valence-electron chi connectivity index (χ4n) is 3.84. The second kappa shape index (κ2) is 8.28. The van der Waals surface area contributed by atoms with Crippen LogP contribution in [0.25, 0.3) is 5.57 Å². The summed E-state index contributed by atoms with van der Waals surface area (Å²) in [5, 5.41) is 0. The molecular weight excluding hydrogens is 385 g/mol. The van der Waals surface area contributed by atoms with Crippen LogP contribution in [0.3, 0.4) is 0 Å². The van der Waals surface area contributed by atoms with E-state index in [1.807, 2.05) is 18.9 Å². The lowest BCUT2D eigenvalue weighted by molar-refractivity contribution is -0.120. The highest BCUT2D eigenvalue weighted by molar-refractivity contribution is 6.45. The average molecular weight is 409 g/mol. The molecule has 0 radical (unpaired) electrons. The second-order valence-electron chi connectivity index (χ2n) is 7.37. The van der Waals surface area contributed by atoms with E-state index >= 15 is 0 Å². The highest BCUT2D eigenvalue weighted by atomic mass is 19.1. The lowest BCUT2D eigenvalue weighted by atomic mass is 10.0. The maximum atomic E-state index is 14.5. The Labute approximate surface area is 175 Å². The molecule has 7 heteroatoms. The fraction of sp³-hybridized carbons (Fsp3) is 0.304. The van der Waals surface area contributed by atoms with E-state index in [1.54, 1.807) is 30.3 Å². The Morgan fingerprint density at radius 1 is 0.933 bits per heavy atom. The van der Waals surface area contributed by atoms with Crippen molar-refractivity contribution < 1.29 is 18.7 Å². The minimum atomic E-state index is -0.607. The number of hydrogen-bond acceptors (Lipinski definition) is 5. The summed E-state index contributed by atoms with van der Waals surface area (Å²) < 4.78 is 20.0. The summed E-state index contributed by atoms with van der Waals surface area (Å²) in [5.74, 6) is -0.919. The molecule has 0 bridgehead atoms. The molecule has 6 nitrogen and oxygen atoms in total. The van der Waals surface area contributed by atoms with E-state index in [2.05, 4.69) is 4.90 Å². The molecule has 2 aliphatic rings. The quantitative estimate of drug-likeness (QED) is 0.711. The van der Waals surface area contributed by atoms with Crippen LogP contribution in [0, 0.1) is 5.82 Å². The molecule has 0 N–H and O–H groups in total. The molecule has 0 spiro atoms. The molecule has 2 aliphatic heterocycles. The van der Waals surface area contributed by atoms with Gasteiger partial charge in [0, 0.05) is 26.2 Å². The number of halogens is 1. The van der Waals surface area contributed by atoms with Crippen LogP contribution in [0.5, 0.6) is 5.75 Å². The summed E-state index contributed by atoms with van der Waals surface area (Å²) in [5.41, 5.74) is 1.22. The molecule has 1 fully saturated rings. The molecule has 2 amide bonds. The predicted octanol–water partition coefficient (Wildman–Crippen LogP) is 2.76. The van der Waals surface area contributed by atoms with Crippen molar-refractivity contribution in [1.29, 1.82) is 0 Å². The number of carbonyl (C=O) groups is 2. The summed E-state index contributed by atoms with van der Waals surface area (Å²) in [4.78, 5) is 31.9. The second-order valence-corrected chi connectivity index (χ2v) is 7.37. The molecule has 30 heavy (non-hydrogen) atoms. The number of benzene rings is 2. The van der Waals surface area contributed by atoms with Crippen molar-refractivity contribution in [1.82, 2.24) is 9.80 Å². The van der Waals surface area contributed by atoms with Crippen LogP contribution in [-0.4, -0.2) is 61.4 Å². The Hall–Kier alpha value is -3.19. The molecule has 0 aliphatic carbocycles. The van der Waals surface area contributed by atoms with Crippen LogP contribution in [0.4, 0.5) is 10.1 Å². The van der Waals surface area contributed by atoms with Crippen molar-refractivity contribution >= 4 is 23.1 Å². The van der Waals surface area contributed by atoms with Gasteiger partial charge in [-0.05, 0) is 43.8 Å². The van der Waals surface area contributed by atoms with Crippen molar-refractivity contribution in [3.05, 3.63) is 65.6 Å². The first-order chi connectivity index (χ1) is 14.5. The molecule has 0 saturated carbocycles. The van der Waals surface area contributed by atoms with Gasteiger partial charge in [0.15, 0.2) is 0 Å². The van der Waals surface area contributed by atoms with Crippen LogP contribution < -0.4 is 9.64 Å². The van der Waals surface area contributed by atoms with Gasteiger partial charge in [-0.15, -0.1) is 0 Å². The van der Waals surface area contributed by atoms with Crippen LogP contribution >= 0.6 is 0 Å². The van der Waals surface area contributed by atoms with Gasteiger partial charge in [0.2, 0.25) is 0 Å². The average Bonchev–Trinajstić information content (AvgIpc) is 3.00. The maximum Gasteiger partial charge on any atom is 0.282 e. The summed E-state index contributed by atoms with van der Waals surface area (Å²) in [6, 6.07) is 12.9. The summed E-state index contributed by atoms with van der Waals surface area (Å²) >= 11 is 0. The van der Waals surface area contributed by atoms with Crippen molar-refractivity contribution in [3.8, 4) is 5.75 Å². The third kappa shape index (κ3) is 3.57. The predicted molar refractivity (Wildman–Crippen MR) is 112 cm³/mol. The van der Waals surface area contributed by atoms with Crippen molar-refractivity contribution in [2.45, 2.75) is 6.92 Å². The highest BCUT2D eigenvalue weighted by Crippen LogP contribution is 2.36. The third-order valence-electron chi connectivity index (χ3n) is 5.43. The normalized spacial score (nSPS) is 17.8. The number of likely N-dealkylation sites (N-methyl/N-ethyl adjacent to an activating group) is 1. The minimum absolute atomic E-state index is 0.0277. The van der Waals surface area contributed by atoms with Gasteiger partial charge in [-0.1, -0.05) is 24.3 Å². The Balaban J connectivity index is 1.79. The molecule has 156 valence electrons. The molecule has 0 unspecified atom stereocenters. The topological polar surface area (TPSA) is 53.1 Å². The largest absolute Gasteiger partial charge is 0.494 e. The van der Waals surface area contributed by atoms with E-state index in [-0.39, 0.29) is 5.69 Å². The van der Waals surface area contributed by atoms with Crippen LogP contribution in [0.1, 0.15) is 12.5 Å². The number of imide groups is 1. The third-order valence-corrected chi connectivity index (χ3v) is 5.43. The Morgan fingerprint density at radius 3 is 2.23 bits per heavy atom. The standard InChI is InChI=1S/C23H24FN3O3/c1-3-30-17-10-8-16(9-11-17)20-21(26-14-12-25(2)13-15-26)23(29)27(22(20)28)19-7-5-4-6-18(19)24/h4-11H,3,12-15H2,1-2H3. The molecule has 1 saturated heterocycles. The molecular formula is C23H24FN3O3. The van der Waals surface area contributed by atoms with Crippen molar-refractivity contribution in [2.75, 3.05) is 44.7 Å². The Bertz CT molecular complexity index is 995. The molecule has 0 atom stereocenters. The number of piperazine rings is 1. The maximum absolute atomic E-state index is 14.5. The van der Waals surface area contributed by atoms with E-state index in [0.29, 0.717) is 42.3 Å². The summed E-state index contributed by atoms with van der Waals surface area (Å²) in [7, 11) is 2.02. The van der Waals surface area contributed by atoms with Gasteiger partial charge in [-0.3, -0.25) is 9.59 Å². The zero-order valence-electron chi connectivity index (χ0n) is 17.1. The van der Waals surface area contributed by atoms with Gasteiger partial charge in [-0.25, -0.2) is 9.29 Å². The first-order valence-corrected chi connectivity index (χ1v) is 10.1. The van der Waals surface area contributed by atoms with Gasteiger partial charge in [0.1, 0.15) is 17.3 Å². The molecule has 2 heterocycles. The molecule has 4 rings (SSSR count). The van der Waals surface area contributed by atoms with E-state index in [0.717, 1.165) is 18.0 Å². The number of nitrogens with zero attached hydrogens (tertiary/aromatic N) is 3. The van der Waals surface area contributed by atoms with Gasteiger partial charge >= 0.3 is 0 Å². The van der Waals surface area contributed by atoms with E-state index < -0.39 is 17.6 Å². The van der Waals surface area contributed by atoms with Crippen LogP contribution in [-0.2, 0) is 9.59 Å². The van der Waals surface area contributed by atoms with E-state index in [9.17, 15) is 14.0 Å². The summed E-state index contributed by atoms with van der Waals surface area (Å²) in [6.45, 7) is 5.23. The number of rotatable bonds is 5. The van der Waals surface area contributed by atoms with Gasteiger partial charge in [0.25, 0.3) is 11.8 Å². The van der Waals surface area contributed by atoms with Crippen molar-refractivity contribution in [3.63, 3.8) is 0 Å². The number of carbonyl (C=O) groups excluding carboxylic acids is 2. The van der Waals surface area contributed by atoms with Crippen LogP contribution in [0.2, 0.25) is 0 Å². The molecule has 2 aromatic rings. The first kappa shape index (κ1) is 20.1. The number of amides is 2. The van der Waals surface area contributed by atoms with Gasteiger partial charge in [-0.2, -0.15) is 0 Å².